The monoisotopic (exact) mass is 789 g/mol. The van der Waals surface area contributed by atoms with Crippen LogP contribution >= 0.6 is 0 Å². The van der Waals surface area contributed by atoms with E-state index in [-0.39, 0.29) is 0 Å². The number of rotatable bonds is 5. The molecule has 5 nitrogen and oxygen atoms in total. The SMILES string of the molecule is c1ccc(-c2nc(-c3ccccc3)nc(-c3cccc4c(-n5c6ccccc6c6c7c8c9ccccc9ccc8n(-c8ccc9ccccc9c8)c7ccc65)cccc34)n2)cc1. The first-order chi connectivity index (χ1) is 30.8. The third kappa shape index (κ3) is 5.18. The van der Waals surface area contributed by atoms with Crippen LogP contribution in [0.25, 0.3) is 121 Å². The lowest BCUT2D eigenvalue weighted by molar-refractivity contribution is 1.08. The summed E-state index contributed by atoms with van der Waals surface area (Å²) in [7, 11) is 0. The fourth-order valence-electron chi connectivity index (χ4n) is 9.79. The van der Waals surface area contributed by atoms with E-state index in [1.54, 1.807) is 0 Å². The van der Waals surface area contributed by atoms with Gasteiger partial charge in [-0.15, -0.1) is 0 Å². The fourth-order valence-corrected chi connectivity index (χ4v) is 9.79. The van der Waals surface area contributed by atoms with E-state index >= 15 is 0 Å². The molecule has 0 aliphatic heterocycles. The highest BCUT2D eigenvalue weighted by atomic mass is 15.0. The molecule has 288 valence electrons. The van der Waals surface area contributed by atoms with Crippen LogP contribution in [0.3, 0.4) is 0 Å². The Hall–Kier alpha value is -8.41. The lowest BCUT2D eigenvalue weighted by Gasteiger charge is -2.14. The summed E-state index contributed by atoms with van der Waals surface area (Å²) in [4.78, 5) is 15.3. The van der Waals surface area contributed by atoms with E-state index in [0.717, 1.165) is 49.9 Å². The number of nitrogens with zero attached hydrogens (tertiary/aromatic N) is 5. The summed E-state index contributed by atoms with van der Waals surface area (Å²) in [6.07, 6.45) is 0. The van der Waals surface area contributed by atoms with Gasteiger partial charge in [-0.05, 0) is 69.4 Å². The first kappa shape index (κ1) is 34.5. The summed E-state index contributed by atoms with van der Waals surface area (Å²) in [5, 5.41) is 12.1. The minimum absolute atomic E-state index is 0.637. The second-order valence-electron chi connectivity index (χ2n) is 16.0. The van der Waals surface area contributed by atoms with Gasteiger partial charge in [-0.1, -0.05) is 170 Å². The molecular formula is C57H35N5. The molecule has 0 saturated heterocycles. The molecule has 0 unspecified atom stereocenters. The summed E-state index contributed by atoms with van der Waals surface area (Å²) in [5.41, 5.74) is 9.76. The van der Waals surface area contributed by atoms with Crippen molar-refractivity contribution in [3.8, 4) is 45.5 Å². The average Bonchev–Trinajstić information content (AvgIpc) is 3.87. The lowest BCUT2D eigenvalue weighted by atomic mass is 10.0. The maximum atomic E-state index is 5.14. The van der Waals surface area contributed by atoms with Crippen LogP contribution in [0.2, 0.25) is 0 Å². The van der Waals surface area contributed by atoms with E-state index in [9.17, 15) is 0 Å². The third-order valence-corrected chi connectivity index (χ3v) is 12.5. The van der Waals surface area contributed by atoms with E-state index < -0.39 is 0 Å². The molecule has 0 N–H and O–H groups in total. The van der Waals surface area contributed by atoms with E-state index in [2.05, 4.69) is 185 Å². The minimum Gasteiger partial charge on any atom is -0.309 e. The van der Waals surface area contributed by atoms with Crippen molar-refractivity contribution in [1.82, 2.24) is 24.1 Å². The summed E-state index contributed by atoms with van der Waals surface area (Å²) in [6.45, 7) is 0. The van der Waals surface area contributed by atoms with Crippen molar-refractivity contribution in [2.24, 2.45) is 0 Å². The van der Waals surface area contributed by atoms with Gasteiger partial charge in [-0.2, -0.15) is 0 Å². The molecule has 10 aromatic carbocycles. The van der Waals surface area contributed by atoms with Crippen molar-refractivity contribution in [2.45, 2.75) is 0 Å². The molecule has 5 heteroatoms. The van der Waals surface area contributed by atoms with Gasteiger partial charge in [0.05, 0.1) is 27.8 Å². The standard InChI is InChI=1S/C57H35N5/c1-3-17-38(18-4-1)55-58-56(39-19-5-2-6-20-39)60-57(59-55)45-26-13-25-44-43(45)24-14-28-47(44)62-48-27-12-11-23-46(48)53-50(62)33-34-51-54(53)52-42-22-10-9-16-37(42)30-32-49(52)61(51)41-31-29-36-15-7-8-21-40(36)35-41/h1-35H. The highest BCUT2D eigenvalue weighted by molar-refractivity contribution is 6.33. The van der Waals surface area contributed by atoms with Crippen molar-refractivity contribution in [2.75, 3.05) is 0 Å². The molecule has 0 radical (unpaired) electrons. The van der Waals surface area contributed by atoms with E-state index in [4.69, 9.17) is 15.0 Å². The molecule has 0 saturated carbocycles. The molecule has 3 aromatic heterocycles. The Morgan fingerprint density at radius 3 is 1.60 bits per heavy atom. The van der Waals surface area contributed by atoms with Gasteiger partial charge in [0, 0.05) is 49.3 Å². The Labute approximate surface area is 356 Å². The molecule has 0 aliphatic carbocycles. The van der Waals surface area contributed by atoms with Gasteiger partial charge in [0.1, 0.15) is 0 Å². The van der Waals surface area contributed by atoms with Crippen molar-refractivity contribution >= 4 is 75.9 Å². The summed E-state index contributed by atoms with van der Waals surface area (Å²) < 4.78 is 4.92. The maximum absolute atomic E-state index is 5.14. The van der Waals surface area contributed by atoms with Crippen molar-refractivity contribution in [1.29, 1.82) is 0 Å². The number of hydrogen-bond acceptors (Lipinski definition) is 3. The molecule has 0 fully saturated rings. The quantitative estimate of drug-likeness (QED) is 0.174. The Kier molecular flexibility index (Phi) is 7.54. The maximum Gasteiger partial charge on any atom is 0.164 e. The second-order valence-corrected chi connectivity index (χ2v) is 16.0. The van der Waals surface area contributed by atoms with Crippen LogP contribution in [-0.4, -0.2) is 24.1 Å². The normalized spacial score (nSPS) is 11.9. The number of hydrogen-bond donors (Lipinski definition) is 0. The number of aromatic nitrogens is 5. The van der Waals surface area contributed by atoms with E-state index in [0.29, 0.717) is 17.5 Å². The van der Waals surface area contributed by atoms with Crippen LogP contribution < -0.4 is 0 Å². The Bertz CT molecular complexity index is 3860. The lowest BCUT2D eigenvalue weighted by Crippen LogP contribution is -2.01. The molecule has 13 aromatic rings. The van der Waals surface area contributed by atoms with Gasteiger partial charge >= 0.3 is 0 Å². The van der Waals surface area contributed by atoms with Crippen LogP contribution in [0.15, 0.2) is 212 Å². The fraction of sp³-hybridized carbons (Fsp3) is 0. The molecule has 0 atom stereocenters. The molecule has 3 heterocycles. The van der Waals surface area contributed by atoms with Crippen molar-refractivity contribution in [3.63, 3.8) is 0 Å². The smallest absolute Gasteiger partial charge is 0.164 e. The first-order valence-electron chi connectivity index (χ1n) is 21.0. The molecule has 0 spiro atoms. The highest BCUT2D eigenvalue weighted by Crippen LogP contribution is 2.45. The average molecular weight is 790 g/mol. The van der Waals surface area contributed by atoms with Crippen LogP contribution in [0.1, 0.15) is 0 Å². The summed E-state index contributed by atoms with van der Waals surface area (Å²) in [6, 6.07) is 75.7. The number of para-hydroxylation sites is 1. The Morgan fingerprint density at radius 1 is 0.290 bits per heavy atom. The third-order valence-electron chi connectivity index (χ3n) is 12.5. The predicted octanol–water partition coefficient (Wildman–Crippen LogP) is 14.5. The number of fused-ring (bicyclic) bond motifs is 11. The zero-order valence-corrected chi connectivity index (χ0v) is 33.4. The zero-order valence-electron chi connectivity index (χ0n) is 33.4. The van der Waals surface area contributed by atoms with Gasteiger partial charge in [0.15, 0.2) is 17.5 Å². The van der Waals surface area contributed by atoms with Gasteiger partial charge < -0.3 is 9.13 Å². The molecule has 13 rings (SSSR count). The van der Waals surface area contributed by atoms with Crippen LogP contribution in [0, 0.1) is 0 Å². The predicted molar refractivity (Wildman–Crippen MR) is 257 cm³/mol. The van der Waals surface area contributed by atoms with Crippen molar-refractivity contribution < 1.29 is 0 Å². The summed E-state index contributed by atoms with van der Waals surface area (Å²) in [5.74, 6) is 1.92. The van der Waals surface area contributed by atoms with Gasteiger partial charge in [-0.3, -0.25) is 0 Å². The zero-order chi connectivity index (χ0) is 40.7. The molecule has 0 aliphatic rings. The van der Waals surface area contributed by atoms with Crippen molar-refractivity contribution in [3.05, 3.63) is 212 Å². The van der Waals surface area contributed by atoms with Gasteiger partial charge in [0.25, 0.3) is 0 Å². The largest absolute Gasteiger partial charge is 0.309 e. The Balaban J connectivity index is 1.10. The van der Waals surface area contributed by atoms with Gasteiger partial charge in [0.2, 0.25) is 0 Å². The molecule has 0 amide bonds. The topological polar surface area (TPSA) is 48.5 Å². The van der Waals surface area contributed by atoms with Crippen LogP contribution in [0.5, 0.6) is 0 Å². The van der Waals surface area contributed by atoms with E-state index in [1.807, 2.05) is 36.4 Å². The van der Waals surface area contributed by atoms with Crippen LogP contribution in [-0.2, 0) is 0 Å². The number of benzene rings is 10. The molecular weight excluding hydrogens is 755 g/mol. The van der Waals surface area contributed by atoms with Crippen LogP contribution in [0.4, 0.5) is 0 Å². The first-order valence-corrected chi connectivity index (χ1v) is 21.0. The minimum atomic E-state index is 0.637. The molecule has 0 bridgehead atoms. The molecule has 62 heavy (non-hydrogen) atoms. The Morgan fingerprint density at radius 2 is 0.823 bits per heavy atom. The highest BCUT2D eigenvalue weighted by Gasteiger charge is 2.23. The summed E-state index contributed by atoms with van der Waals surface area (Å²) >= 11 is 0. The second kappa shape index (κ2) is 13.6. The van der Waals surface area contributed by atoms with E-state index in [1.165, 1.54) is 54.1 Å². The van der Waals surface area contributed by atoms with Gasteiger partial charge in [-0.25, -0.2) is 15.0 Å².